The molecule has 2 rings (SSSR count). The summed E-state index contributed by atoms with van der Waals surface area (Å²) < 4.78 is 26.8. The smallest absolute Gasteiger partial charge is 0.245 e. The highest BCUT2D eigenvalue weighted by Crippen LogP contribution is 2.30. The zero-order chi connectivity index (χ0) is 13.2. The first-order valence-electron chi connectivity index (χ1n) is 6.18. The van der Waals surface area contributed by atoms with E-state index in [0.29, 0.717) is 12.2 Å². The first-order valence-corrected chi connectivity index (χ1v) is 7.62. The summed E-state index contributed by atoms with van der Waals surface area (Å²) >= 11 is 0. The normalized spacial score (nSPS) is 21.1. The third-order valence-corrected chi connectivity index (χ3v) is 5.43. The van der Waals surface area contributed by atoms with Gasteiger partial charge in [-0.2, -0.15) is 4.31 Å². The van der Waals surface area contributed by atoms with E-state index < -0.39 is 10.0 Å². The average molecular weight is 269 g/mol. The third kappa shape index (κ3) is 2.23. The van der Waals surface area contributed by atoms with Crippen LogP contribution in [0.4, 0.5) is 5.69 Å². The van der Waals surface area contributed by atoms with Crippen LogP contribution in [0, 0.1) is 0 Å². The fourth-order valence-electron chi connectivity index (χ4n) is 2.47. The van der Waals surface area contributed by atoms with Crippen molar-refractivity contribution in [2.24, 2.45) is 5.84 Å². The van der Waals surface area contributed by atoms with E-state index in [1.807, 2.05) is 6.92 Å². The highest BCUT2D eigenvalue weighted by atomic mass is 32.2. The molecule has 1 heterocycles. The van der Waals surface area contributed by atoms with Gasteiger partial charge in [0.05, 0.1) is 5.69 Å². The molecular formula is C12H19N3O2S. The van der Waals surface area contributed by atoms with Gasteiger partial charge in [0, 0.05) is 12.6 Å². The number of nitrogens with zero attached hydrogens (tertiary/aromatic N) is 1. The molecule has 1 aromatic carbocycles. The molecule has 0 bridgehead atoms. The second-order valence-corrected chi connectivity index (χ2v) is 6.32. The maximum atomic E-state index is 12.6. The largest absolute Gasteiger partial charge is 0.323 e. The van der Waals surface area contributed by atoms with Crippen LogP contribution in [0.3, 0.4) is 0 Å². The molecule has 1 aliphatic rings. The molecule has 100 valence electrons. The van der Waals surface area contributed by atoms with Gasteiger partial charge in [0.1, 0.15) is 4.90 Å². The summed E-state index contributed by atoms with van der Waals surface area (Å²) in [6, 6.07) is 6.85. The molecule has 1 atom stereocenters. The zero-order valence-electron chi connectivity index (χ0n) is 10.5. The Morgan fingerprint density at radius 3 is 2.83 bits per heavy atom. The number of hydrazine groups is 1. The number of sulfonamides is 1. The highest BCUT2D eigenvalue weighted by molar-refractivity contribution is 7.89. The molecule has 3 N–H and O–H groups in total. The van der Waals surface area contributed by atoms with Crippen LogP contribution in [0.1, 0.15) is 26.2 Å². The molecule has 1 aliphatic heterocycles. The summed E-state index contributed by atoms with van der Waals surface area (Å²) in [4.78, 5) is 0.257. The lowest BCUT2D eigenvalue weighted by Gasteiger charge is -2.24. The van der Waals surface area contributed by atoms with Gasteiger partial charge in [0.25, 0.3) is 0 Å². The number of hydrogen-bond donors (Lipinski definition) is 2. The molecule has 18 heavy (non-hydrogen) atoms. The fourth-order valence-corrected chi connectivity index (χ4v) is 4.40. The number of hydrogen-bond acceptors (Lipinski definition) is 4. The number of anilines is 1. The van der Waals surface area contributed by atoms with Crippen molar-refractivity contribution in [3.05, 3.63) is 24.3 Å². The molecule has 1 saturated heterocycles. The van der Waals surface area contributed by atoms with Gasteiger partial charge in [0.15, 0.2) is 0 Å². The second-order valence-electron chi connectivity index (χ2n) is 4.46. The Hall–Kier alpha value is -1.11. The van der Waals surface area contributed by atoms with Gasteiger partial charge in [-0.05, 0) is 31.4 Å². The number of nitrogen functional groups attached to an aromatic ring is 1. The van der Waals surface area contributed by atoms with E-state index in [9.17, 15) is 8.42 Å². The van der Waals surface area contributed by atoms with Crippen LogP contribution >= 0.6 is 0 Å². The predicted octanol–water partition coefficient (Wildman–Crippen LogP) is 1.54. The minimum Gasteiger partial charge on any atom is -0.323 e. The molecule has 0 aliphatic carbocycles. The van der Waals surface area contributed by atoms with Crippen molar-refractivity contribution in [1.29, 1.82) is 0 Å². The number of nitrogens with two attached hydrogens (primary N) is 1. The Balaban J connectivity index is 2.42. The molecule has 6 heteroatoms. The van der Waals surface area contributed by atoms with Crippen LogP contribution in [0.5, 0.6) is 0 Å². The van der Waals surface area contributed by atoms with E-state index >= 15 is 0 Å². The van der Waals surface area contributed by atoms with Crippen molar-refractivity contribution in [2.75, 3.05) is 12.0 Å². The lowest BCUT2D eigenvalue weighted by Crippen LogP contribution is -2.35. The van der Waals surface area contributed by atoms with E-state index in [4.69, 9.17) is 5.84 Å². The molecule has 0 radical (unpaired) electrons. The Morgan fingerprint density at radius 2 is 2.17 bits per heavy atom. The minimum atomic E-state index is -3.45. The molecule has 0 saturated carbocycles. The Morgan fingerprint density at radius 1 is 1.44 bits per heavy atom. The maximum Gasteiger partial charge on any atom is 0.245 e. The van der Waals surface area contributed by atoms with Gasteiger partial charge in [-0.3, -0.25) is 5.84 Å². The van der Waals surface area contributed by atoms with Crippen LogP contribution in [0.25, 0.3) is 0 Å². The van der Waals surface area contributed by atoms with Crippen LogP contribution in [-0.4, -0.2) is 25.3 Å². The summed E-state index contributed by atoms with van der Waals surface area (Å²) in [5.41, 5.74) is 2.90. The van der Waals surface area contributed by atoms with Crippen molar-refractivity contribution >= 4 is 15.7 Å². The molecule has 5 nitrogen and oxygen atoms in total. The summed E-state index contributed by atoms with van der Waals surface area (Å²) in [6.45, 7) is 2.62. The van der Waals surface area contributed by atoms with E-state index in [1.54, 1.807) is 28.6 Å². The van der Waals surface area contributed by atoms with Gasteiger partial charge < -0.3 is 5.43 Å². The highest BCUT2D eigenvalue weighted by Gasteiger charge is 2.35. The predicted molar refractivity (Wildman–Crippen MR) is 71.5 cm³/mol. The van der Waals surface area contributed by atoms with E-state index in [0.717, 1.165) is 19.3 Å². The van der Waals surface area contributed by atoms with Crippen molar-refractivity contribution in [3.8, 4) is 0 Å². The molecule has 0 amide bonds. The lowest BCUT2D eigenvalue weighted by atomic mass is 10.2. The Bertz CT molecular complexity index is 516. The van der Waals surface area contributed by atoms with Gasteiger partial charge in [-0.25, -0.2) is 8.42 Å². The van der Waals surface area contributed by atoms with Crippen molar-refractivity contribution < 1.29 is 8.42 Å². The standard InChI is InChI=1S/C12H19N3O2S/c1-2-10-6-5-9-15(10)18(16,17)12-8-4-3-7-11(12)14-13/h3-4,7-8,10,14H,2,5-6,9,13H2,1H3. The molecule has 0 aromatic heterocycles. The SMILES string of the molecule is CCC1CCCN1S(=O)(=O)c1ccccc1NN. The van der Waals surface area contributed by atoms with Crippen molar-refractivity contribution in [2.45, 2.75) is 37.1 Å². The van der Waals surface area contributed by atoms with Crippen LogP contribution < -0.4 is 11.3 Å². The Kier molecular flexibility index (Phi) is 3.89. The van der Waals surface area contributed by atoms with Crippen molar-refractivity contribution in [3.63, 3.8) is 0 Å². The molecule has 1 unspecified atom stereocenters. The number of nitrogens with one attached hydrogen (secondary N) is 1. The minimum absolute atomic E-state index is 0.112. The van der Waals surface area contributed by atoms with Gasteiger partial charge >= 0.3 is 0 Å². The number of rotatable bonds is 4. The topological polar surface area (TPSA) is 75.4 Å². The van der Waals surface area contributed by atoms with E-state index in [1.165, 1.54) is 0 Å². The van der Waals surface area contributed by atoms with Gasteiger partial charge in [-0.1, -0.05) is 19.1 Å². The van der Waals surface area contributed by atoms with E-state index in [-0.39, 0.29) is 10.9 Å². The number of benzene rings is 1. The first kappa shape index (κ1) is 13.3. The first-order chi connectivity index (χ1) is 8.61. The molecular weight excluding hydrogens is 250 g/mol. The average Bonchev–Trinajstić information content (AvgIpc) is 2.87. The van der Waals surface area contributed by atoms with Gasteiger partial charge in [-0.15, -0.1) is 0 Å². The van der Waals surface area contributed by atoms with Crippen molar-refractivity contribution in [1.82, 2.24) is 4.31 Å². The summed E-state index contributed by atoms with van der Waals surface area (Å²) in [6.07, 6.45) is 2.71. The lowest BCUT2D eigenvalue weighted by molar-refractivity contribution is 0.380. The fraction of sp³-hybridized carbons (Fsp3) is 0.500. The third-order valence-electron chi connectivity index (χ3n) is 3.42. The quantitative estimate of drug-likeness (QED) is 0.642. The number of para-hydroxylation sites is 1. The molecule has 0 spiro atoms. The molecule has 1 fully saturated rings. The maximum absolute atomic E-state index is 12.6. The Labute approximate surface area is 108 Å². The van der Waals surface area contributed by atoms with Crippen LogP contribution in [-0.2, 0) is 10.0 Å². The van der Waals surface area contributed by atoms with E-state index in [2.05, 4.69) is 5.43 Å². The molecule has 1 aromatic rings. The van der Waals surface area contributed by atoms with Crippen LogP contribution in [0.15, 0.2) is 29.2 Å². The summed E-state index contributed by atoms with van der Waals surface area (Å²) in [5.74, 6) is 5.38. The summed E-state index contributed by atoms with van der Waals surface area (Å²) in [7, 11) is -3.45. The monoisotopic (exact) mass is 269 g/mol. The van der Waals surface area contributed by atoms with Gasteiger partial charge in [0.2, 0.25) is 10.0 Å². The van der Waals surface area contributed by atoms with Crippen LogP contribution in [0.2, 0.25) is 0 Å². The summed E-state index contributed by atoms with van der Waals surface area (Å²) in [5, 5.41) is 0. The zero-order valence-corrected chi connectivity index (χ0v) is 11.3. The second kappa shape index (κ2) is 5.26.